The Morgan fingerprint density at radius 2 is 1.91 bits per heavy atom. The Kier molecular flexibility index (Phi) is 2.92. The second-order valence-corrected chi connectivity index (χ2v) is 3.16. The number of anilines is 1. The molecule has 0 spiro atoms. The third-order valence-electron chi connectivity index (χ3n) is 1.42. The van der Waals surface area contributed by atoms with Gasteiger partial charge in [0, 0.05) is 0 Å². The third kappa shape index (κ3) is 2.21. The molecule has 0 saturated heterocycles. The van der Waals surface area contributed by atoms with Gasteiger partial charge >= 0.3 is 79.0 Å². The first-order chi connectivity index (χ1) is 5.22. The summed E-state index contributed by atoms with van der Waals surface area (Å²) in [6.07, 6.45) is 0. The van der Waals surface area contributed by atoms with Gasteiger partial charge in [-0.25, -0.2) is 0 Å². The van der Waals surface area contributed by atoms with Gasteiger partial charge in [-0.05, 0) is 0 Å². The molecule has 0 N–H and O–H groups in total. The van der Waals surface area contributed by atoms with Crippen molar-refractivity contribution in [2.45, 2.75) is 0 Å². The second-order valence-electron chi connectivity index (χ2n) is 2.16. The van der Waals surface area contributed by atoms with Crippen LogP contribution in [0.3, 0.4) is 0 Å². The molecule has 3 heteroatoms. The van der Waals surface area contributed by atoms with Crippen molar-refractivity contribution in [3.63, 3.8) is 0 Å². The zero-order valence-electron chi connectivity index (χ0n) is 6.15. The molecule has 2 nitrogen and oxygen atoms in total. The molecule has 1 aromatic carbocycles. The molecule has 11 heavy (non-hydrogen) atoms. The van der Waals surface area contributed by atoms with E-state index < -0.39 is 0 Å². The Bertz CT molecular complexity index is 248. The van der Waals surface area contributed by atoms with E-state index in [1.807, 2.05) is 30.3 Å². The van der Waals surface area contributed by atoms with E-state index in [0.717, 1.165) is 5.69 Å². The molecule has 0 saturated carbocycles. The van der Waals surface area contributed by atoms with Crippen molar-refractivity contribution in [1.82, 2.24) is 0 Å². The van der Waals surface area contributed by atoms with Gasteiger partial charge < -0.3 is 0 Å². The van der Waals surface area contributed by atoms with E-state index in [4.69, 9.17) is 0 Å². The van der Waals surface area contributed by atoms with Crippen LogP contribution in [-0.4, -0.2) is 33.3 Å². The maximum absolute atomic E-state index is 10.9. The summed E-state index contributed by atoms with van der Waals surface area (Å²) in [5.41, 5.74) is 0.933. The summed E-state index contributed by atoms with van der Waals surface area (Å²) in [7, 11) is 1.76. The minimum absolute atomic E-state index is 0.0620. The van der Waals surface area contributed by atoms with Crippen molar-refractivity contribution in [3.05, 3.63) is 30.3 Å². The number of carbonyl (C=O) groups is 1. The molecule has 0 aromatic heterocycles. The van der Waals surface area contributed by atoms with E-state index in [9.17, 15) is 4.79 Å². The van der Waals surface area contributed by atoms with Gasteiger partial charge in [-0.15, -0.1) is 0 Å². The Labute approximate surface area is 79.1 Å². The number of benzene rings is 1. The van der Waals surface area contributed by atoms with Gasteiger partial charge in [0.2, 0.25) is 0 Å². The van der Waals surface area contributed by atoms with Gasteiger partial charge in [-0.3, -0.25) is 0 Å². The first kappa shape index (κ1) is 8.58. The Hall–Kier alpha value is -0.520. The summed E-state index contributed by atoms with van der Waals surface area (Å²) in [5.74, 6) is 0. The van der Waals surface area contributed by atoms with Gasteiger partial charge in [-0.2, -0.15) is 0 Å². The van der Waals surface area contributed by atoms with Gasteiger partial charge in [0.25, 0.3) is 0 Å². The predicted molar refractivity (Wildman–Crippen MR) is 46.0 cm³/mol. The number of para-hydroxylation sites is 1. The molecule has 0 unspecified atom stereocenters. The molecular weight excluding hydrogens is 254 g/mol. The summed E-state index contributed by atoms with van der Waals surface area (Å²) in [6.45, 7) is 0. The molecule has 1 radical (unpaired) electrons. The fourth-order valence-corrected chi connectivity index (χ4v) is 1.06. The van der Waals surface area contributed by atoms with E-state index in [1.54, 1.807) is 11.9 Å². The van der Waals surface area contributed by atoms with E-state index in [0.29, 0.717) is 0 Å². The first-order valence-electron chi connectivity index (χ1n) is 3.21. The van der Waals surface area contributed by atoms with Crippen molar-refractivity contribution >= 4 is 31.9 Å². The van der Waals surface area contributed by atoms with Gasteiger partial charge in [0.05, 0.1) is 0 Å². The zero-order chi connectivity index (χ0) is 8.27. The number of carbonyl (C=O) groups excluding carboxylic acids is 1. The molecule has 1 aromatic rings. The van der Waals surface area contributed by atoms with Crippen LogP contribution in [0, 0.1) is 0 Å². The molecule has 1 amide bonds. The Morgan fingerprint density at radius 3 is 2.36 bits per heavy atom. The number of hydrogen-bond donors (Lipinski definition) is 0. The van der Waals surface area contributed by atoms with Gasteiger partial charge in [-0.1, -0.05) is 0 Å². The number of amides is 1. The third-order valence-corrected chi connectivity index (χ3v) is 2.20. The van der Waals surface area contributed by atoms with Crippen molar-refractivity contribution in [2.75, 3.05) is 11.9 Å². The molecule has 0 bridgehead atoms. The van der Waals surface area contributed by atoms with Crippen LogP contribution in [0.15, 0.2) is 30.3 Å². The van der Waals surface area contributed by atoms with E-state index in [-0.39, 0.29) is 3.96 Å². The molecule has 0 aliphatic rings. The molecule has 0 aliphatic heterocycles. The molecule has 0 aliphatic carbocycles. The summed E-state index contributed by atoms with van der Waals surface area (Å²) < 4.78 is 0.0620. The normalized spacial score (nSPS) is 9.18. The minimum atomic E-state index is 0.0620. The van der Waals surface area contributed by atoms with Crippen LogP contribution in [0.25, 0.3) is 0 Å². The number of hydrogen-bond acceptors (Lipinski definition) is 1. The summed E-state index contributed by atoms with van der Waals surface area (Å²) >= 11 is 1.48. The molecule has 1 rings (SSSR count). The fraction of sp³-hybridized carbons (Fsp3) is 0.125. The number of nitrogens with zero attached hydrogens (tertiary/aromatic N) is 1. The van der Waals surface area contributed by atoms with Crippen LogP contribution in [0.2, 0.25) is 0 Å². The van der Waals surface area contributed by atoms with Crippen LogP contribution in [0.1, 0.15) is 0 Å². The zero-order valence-corrected chi connectivity index (χ0v) is 8.48. The number of rotatable bonds is 1. The van der Waals surface area contributed by atoms with Crippen LogP contribution in [-0.2, 0) is 0 Å². The standard InChI is InChI=1S/C8H8NOTe/c1-9(8(10)11)7-5-3-2-4-6-7/h2-6H,1H3. The van der Waals surface area contributed by atoms with Crippen LogP contribution in [0.5, 0.6) is 0 Å². The van der Waals surface area contributed by atoms with Gasteiger partial charge in [0.15, 0.2) is 0 Å². The molecule has 0 atom stereocenters. The molecule has 0 fully saturated rings. The monoisotopic (exact) mass is 264 g/mol. The predicted octanol–water partition coefficient (Wildman–Crippen LogP) is 1.41. The second kappa shape index (κ2) is 3.75. The average Bonchev–Trinajstić information content (AvgIpc) is 2.05. The topological polar surface area (TPSA) is 20.3 Å². The van der Waals surface area contributed by atoms with E-state index >= 15 is 0 Å². The van der Waals surface area contributed by atoms with Crippen LogP contribution < -0.4 is 4.90 Å². The van der Waals surface area contributed by atoms with Crippen molar-refractivity contribution in [3.8, 4) is 0 Å². The Balaban J connectivity index is 2.85. The quantitative estimate of drug-likeness (QED) is 0.700. The van der Waals surface area contributed by atoms with E-state index in [2.05, 4.69) is 0 Å². The summed E-state index contributed by atoms with van der Waals surface area (Å²) in [4.78, 5) is 12.5. The van der Waals surface area contributed by atoms with E-state index in [1.165, 1.54) is 22.3 Å². The van der Waals surface area contributed by atoms with Crippen LogP contribution in [0.4, 0.5) is 10.5 Å². The Morgan fingerprint density at radius 1 is 1.36 bits per heavy atom. The SMILES string of the molecule is CN(C(=O)[Te])c1ccccc1. The fourth-order valence-electron chi connectivity index (χ4n) is 0.757. The van der Waals surface area contributed by atoms with Crippen molar-refractivity contribution < 1.29 is 4.79 Å². The summed E-state index contributed by atoms with van der Waals surface area (Å²) in [5, 5.41) is 0. The van der Waals surface area contributed by atoms with Gasteiger partial charge in [0.1, 0.15) is 0 Å². The van der Waals surface area contributed by atoms with Crippen molar-refractivity contribution in [1.29, 1.82) is 0 Å². The summed E-state index contributed by atoms with van der Waals surface area (Å²) in [6, 6.07) is 9.57. The molecule has 0 heterocycles. The van der Waals surface area contributed by atoms with Crippen molar-refractivity contribution in [2.24, 2.45) is 0 Å². The van der Waals surface area contributed by atoms with Crippen LogP contribution >= 0.6 is 0 Å². The molecule has 57 valence electrons. The maximum atomic E-state index is 10.9. The average molecular weight is 262 g/mol. The molecular formula is C8H8NOTe. The first-order valence-corrected chi connectivity index (χ1v) is 4.38.